The summed E-state index contributed by atoms with van der Waals surface area (Å²) in [6.45, 7) is 0.949. The van der Waals surface area contributed by atoms with Gasteiger partial charge in [-0.1, -0.05) is 25.7 Å². The lowest BCUT2D eigenvalue weighted by Crippen LogP contribution is -2.15. The van der Waals surface area contributed by atoms with Gasteiger partial charge in [-0.15, -0.1) is 0 Å². The van der Waals surface area contributed by atoms with Crippen LogP contribution in [-0.2, 0) is 6.54 Å². The van der Waals surface area contributed by atoms with Crippen LogP contribution in [0.25, 0.3) is 0 Å². The van der Waals surface area contributed by atoms with Gasteiger partial charge in [0.05, 0.1) is 12.0 Å². The molecule has 0 aromatic carbocycles. The molecule has 3 rings (SSSR count). The lowest BCUT2D eigenvalue weighted by Gasteiger charge is -2.15. The molecule has 0 amide bonds. The first-order valence-electron chi connectivity index (χ1n) is 7.17. The molecule has 17 heavy (non-hydrogen) atoms. The van der Waals surface area contributed by atoms with Crippen molar-refractivity contribution in [2.24, 2.45) is 0 Å². The second-order valence-electron chi connectivity index (χ2n) is 5.61. The molecule has 0 saturated heterocycles. The molecule has 2 aliphatic rings. The number of rotatable bonds is 4. The van der Waals surface area contributed by atoms with Gasteiger partial charge in [0.2, 0.25) is 0 Å². The summed E-state index contributed by atoms with van der Waals surface area (Å²) in [5.41, 5.74) is 1.21. The summed E-state index contributed by atoms with van der Waals surface area (Å²) in [4.78, 5) is 4.52. The Morgan fingerprint density at radius 3 is 2.59 bits per heavy atom. The van der Waals surface area contributed by atoms with Crippen LogP contribution in [0, 0.1) is 0 Å². The van der Waals surface area contributed by atoms with E-state index in [0.29, 0.717) is 6.04 Å². The van der Waals surface area contributed by atoms with E-state index in [0.717, 1.165) is 12.6 Å². The molecule has 2 aliphatic carbocycles. The molecule has 0 spiro atoms. The Morgan fingerprint density at radius 2 is 1.88 bits per heavy atom. The number of aromatic nitrogens is 2. The molecule has 0 aliphatic heterocycles. The molecule has 3 nitrogen and oxygen atoms in total. The number of hydrogen-bond donors (Lipinski definition) is 1. The van der Waals surface area contributed by atoms with Crippen LogP contribution in [0.5, 0.6) is 0 Å². The summed E-state index contributed by atoms with van der Waals surface area (Å²) in [6.07, 6.45) is 15.3. The summed E-state index contributed by atoms with van der Waals surface area (Å²) in [5.74, 6) is 0. The zero-order valence-electron chi connectivity index (χ0n) is 10.6. The zero-order valence-corrected chi connectivity index (χ0v) is 10.6. The third kappa shape index (κ3) is 3.09. The maximum atomic E-state index is 4.52. The molecule has 1 N–H and O–H groups in total. The average molecular weight is 233 g/mol. The lowest BCUT2D eigenvalue weighted by molar-refractivity contribution is 0.443. The van der Waals surface area contributed by atoms with Crippen molar-refractivity contribution in [2.45, 2.75) is 70.0 Å². The molecule has 2 saturated carbocycles. The summed E-state index contributed by atoms with van der Waals surface area (Å²) in [6, 6.07) is 1.48. The highest BCUT2D eigenvalue weighted by atomic mass is 15.1. The maximum absolute atomic E-state index is 4.52. The van der Waals surface area contributed by atoms with Crippen LogP contribution in [-0.4, -0.2) is 15.6 Å². The SMILES string of the molecule is c1nc(CNC2CC2)cn1C1CCCCCC1. The summed E-state index contributed by atoms with van der Waals surface area (Å²) in [5, 5.41) is 3.53. The van der Waals surface area contributed by atoms with E-state index in [9.17, 15) is 0 Å². The molecular weight excluding hydrogens is 210 g/mol. The van der Waals surface area contributed by atoms with Gasteiger partial charge in [0.15, 0.2) is 0 Å². The Balaban J connectivity index is 1.57. The van der Waals surface area contributed by atoms with E-state index in [1.165, 1.54) is 57.1 Å². The fraction of sp³-hybridized carbons (Fsp3) is 0.786. The first-order chi connectivity index (χ1) is 8.42. The van der Waals surface area contributed by atoms with Crippen LogP contribution in [0.1, 0.15) is 63.1 Å². The molecule has 1 aromatic rings. The normalized spacial score (nSPS) is 22.6. The van der Waals surface area contributed by atoms with E-state index < -0.39 is 0 Å². The van der Waals surface area contributed by atoms with Crippen molar-refractivity contribution in [3.63, 3.8) is 0 Å². The maximum Gasteiger partial charge on any atom is 0.0952 e. The van der Waals surface area contributed by atoms with Crippen LogP contribution in [0.4, 0.5) is 0 Å². The van der Waals surface area contributed by atoms with Crippen molar-refractivity contribution in [2.75, 3.05) is 0 Å². The first kappa shape index (κ1) is 11.3. The summed E-state index contributed by atoms with van der Waals surface area (Å²) < 4.78 is 2.36. The monoisotopic (exact) mass is 233 g/mol. The van der Waals surface area contributed by atoms with Gasteiger partial charge in [-0.05, 0) is 25.7 Å². The number of imidazole rings is 1. The number of nitrogens with zero attached hydrogens (tertiary/aromatic N) is 2. The number of nitrogens with one attached hydrogen (secondary N) is 1. The Bertz CT molecular complexity index is 346. The van der Waals surface area contributed by atoms with Gasteiger partial charge in [0, 0.05) is 24.8 Å². The van der Waals surface area contributed by atoms with Crippen molar-refractivity contribution in [3.8, 4) is 0 Å². The smallest absolute Gasteiger partial charge is 0.0952 e. The minimum absolute atomic E-state index is 0.708. The Hall–Kier alpha value is -0.830. The third-order valence-electron chi connectivity index (χ3n) is 4.05. The van der Waals surface area contributed by atoms with E-state index in [4.69, 9.17) is 0 Å². The van der Waals surface area contributed by atoms with Gasteiger partial charge in [0.1, 0.15) is 0 Å². The second-order valence-corrected chi connectivity index (χ2v) is 5.61. The Morgan fingerprint density at radius 1 is 1.12 bits per heavy atom. The zero-order chi connectivity index (χ0) is 11.5. The predicted octanol–water partition coefficient (Wildman–Crippen LogP) is 3.03. The molecule has 2 fully saturated rings. The highest BCUT2D eigenvalue weighted by Crippen LogP contribution is 2.27. The fourth-order valence-electron chi connectivity index (χ4n) is 2.76. The van der Waals surface area contributed by atoms with E-state index in [-0.39, 0.29) is 0 Å². The second kappa shape index (κ2) is 5.21. The highest BCUT2D eigenvalue weighted by molar-refractivity contribution is 4.99. The van der Waals surface area contributed by atoms with Gasteiger partial charge in [-0.3, -0.25) is 0 Å². The van der Waals surface area contributed by atoms with Gasteiger partial charge in [-0.2, -0.15) is 0 Å². The molecule has 3 heteroatoms. The topological polar surface area (TPSA) is 29.9 Å². The molecule has 0 unspecified atom stereocenters. The summed E-state index contributed by atoms with van der Waals surface area (Å²) in [7, 11) is 0. The van der Waals surface area contributed by atoms with E-state index in [1.807, 2.05) is 6.33 Å². The Labute approximate surface area is 104 Å². The van der Waals surface area contributed by atoms with Crippen molar-refractivity contribution in [1.82, 2.24) is 14.9 Å². The van der Waals surface area contributed by atoms with Crippen LogP contribution >= 0.6 is 0 Å². The van der Waals surface area contributed by atoms with Gasteiger partial charge in [0.25, 0.3) is 0 Å². The van der Waals surface area contributed by atoms with E-state index in [2.05, 4.69) is 21.1 Å². The van der Waals surface area contributed by atoms with Crippen molar-refractivity contribution in [1.29, 1.82) is 0 Å². The molecular formula is C14H23N3. The van der Waals surface area contributed by atoms with Gasteiger partial charge >= 0.3 is 0 Å². The molecule has 94 valence electrons. The molecule has 0 radical (unpaired) electrons. The largest absolute Gasteiger partial charge is 0.334 e. The third-order valence-corrected chi connectivity index (χ3v) is 4.05. The quantitative estimate of drug-likeness (QED) is 0.810. The molecule has 1 aromatic heterocycles. The molecule has 1 heterocycles. The standard InChI is InChI=1S/C14H23N3/c1-2-4-6-14(5-3-1)17-10-13(16-11-17)9-15-12-7-8-12/h10-12,14-15H,1-9H2. The highest BCUT2D eigenvalue weighted by Gasteiger charge is 2.20. The van der Waals surface area contributed by atoms with E-state index >= 15 is 0 Å². The van der Waals surface area contributed by atoms with Crippen molar-refractivity contribution < 1.29 is 0 Å². The van der Waals surface area contributed by atoms with Crippen molar-refractivity contribution in [3.05, 3.63) is 18.2 Å². The lowest BCUT2D eigenvalue weighted by atomic mass is 10.1. The minimum Gasteiger partial charge on any atom is -0.334 e. The van der Waals surface area contributed by atoms with Crippen LogP contribution in [0.2, 0.25) is 0 Å². The van der Waals surface area contributed by atoms with Gasteiger partial charge < -0.3 is 9.88 Å². The Kier molecular flexibility index (Phi) is 3.46. The fourth-order valence-corrected chi connectivity index (χ4v) is 2.76. The first-order valence-corrected chi connectivity index (χ1v) is 7.17. The van der Waals surface area contributed by atoms with Gasteiger partial charge in [-0.25, -0.2) is 4.98 Å². The van der Waals surface area contributed by atoms with Crippen LogP contribution in [0.3, 0.4) is 0 Å². The number of hydrogen-bond acceptors (Lipinski definition) is 2. The van der Waals surface area contributed by atoms with Crippen LogP contribution < -0.4 is 5.32 Å². The minimum atomic E-state index is 0.708. The average Bonchev–Trinajstić information content (AvgIpc) is 3.12. The summed E-state index contributed by atoms with van der Waals surface area (Å²) >= 11 is 0. The van der Waals surface area contributed by atoms with E-state index in [1.54, 1.807) is 0 Å². The predicted molar refractivity (Wildman–Crippen MR) is 68.8 cm³/mol. The molecule has 0 bridgehead atoms. The van der Waals surface area contributed by atoms with Crippen LogP contribution in [0.15, 0.2) is 12.5 Å². The van der Waals surface area contributed by atoms with Crippen molar-refractivity contribution >= 4 is 0 Å². The molecule has 0 atom stereocenters.